The van der Waals surface area contributed by atoms with E-state index in [-0.39, 0.29) is 18.3 Å². The second-order valence-electron chi connectivity index (χ2n) is 7.81. The third-order valence-corrected chi connectivity index (χ3v) is 5.84. The number of halogens is 1. The number of likely N-dealkylation sites (N-methyl/N-ethyl adjacent to an activating group) is 1. The zero-order chi connectivity index (χ0) is 13.6. The number of carbonyl (C=O) groups is 1. The molecule has 4 aliphatic carbocycles. The Morgan fingerprint density at radius 1 is 1.15 bits per heavy atom. The molecule has 1 amide bonds. The molecular weight excluding hydrogens is 272 g/mol. The Hall–Kier alpha value is -0.280. The van der Waals surface area contributed by atoms with Gasteiger partial charge in [0.05, 0.1) is 6.54 Å². The van der Waals surface area contributed by atoms with Crippen LogP contribution >= 0.6 is 12.4 Å². The summed E-state index contributed by atoms with van der Waals surface area (Å²) in [4.78, 5) is 14.0. The molecule has 4 aliphatic rings. The molecule has 1 atom stereocenters. The molecule has 0 saturated heterocycles. The van der Waals surface area contributed by atoms with E-state index >= 15 is 0 Å². The Labute approximate surface area is 129 Å². The number of nitrogens with zero attached hydrogens (tertiary/aromatic N) is 1. The standard InChI is InChI=1S/C16H28N2O.ClH/c1-11(17-15(19)10-18(2)3)16-7-12-4-13(8-16)6-14(5-12)9-16;/h11-14H,4-10H2,1-3H3,(H,17,19);1H. The number of hydrogen-bond donors (Lipinski definition) is 1. The lowest BCUT2D eigenvalue weighted by molar-refractivity contribution is -0.126. The topological polar surface area (TPSA) is 32.3 Å². The molecule has 4 rings (SSSR count). The van der Waals surface area contributed by atoms with E-state index in [1.807, 2.05) is 19.0 Å². The van der Waals surface area contributed by atoms with Gasteiger partial charge in [-0.2, -0.15) is 0 Å². The van der Waals surface area contributed by atoms with Gasteiger partial charge in [-0.25, -0.2) is 0 Å². The third-order valence-electron chi connectivity index (χ3n) is 5.84. The van der Waals surface area contributed by atoms with Crippen LogP contribution in [0.4, 0.5) is 0 Å². The zero-order valence-corrected chi connectivity index (χ0v) is 13.8. The Kier molecular flexibility index (Phi) is 4.70. The van der Waals surface area contributed by atoms with E-state index in [0.29, 0.717) is 18.0 Å². The first-order chi connectivity index (χ1) is 8.97. The molecule has 116 valence electrons. The SMILES string of the molecule is CC(NC(=O)CN(C)C)C12CC3CC(CC(C3)C1)C2.Cl. The molecule has 0 radical (unpaired) electrons. The van der Waals surface area contributed by atoms with Crippen LogP contribution in [0.5, 0.6) is 0 Å². The van der Waals surface area contributed by atoms with Crippen molar-refractivity contribution in [3.05, 3.63) is 0 Å². The molecule has 20 heavy (non-hydrogen) atoms. The molecule has 1 unspecified atom stereocenters. The van der Waals surface area contributed by atoms with Crippen molar-refractivity contribution in [1.29, 1.82) is 0 Å². The molecule has 0 aliphatic heterocycles. The van der Waals surface area contributed by atoms with Gasteiger partial charge in [-0.3, -0.25) is 4.79 Å². The number of rotatable bonds is 4. The molecule has 0 aromatic heterocycles. The van der Waals surface area contributed by atoms with Gasteiger partial charge >= 0.3 is 0 Å². The van der Waals surface area contributed by atoms with Crippen molar-refractivity contribution >= 4 is 18.3 Å². The lowest BCUT2D eigenvalue weighted by atomic mass is 9.48. The molecular formula is C16H29ClN2O. The Morgan fingerprint density at radius 2 is 1.60 bits per heavy atom. The summed E-state index contributed by atoms with van der Waals surface area (Å²) >= 11 is 0. The average Bonchev–Trinajstić information content (AvgIpc) is 2.25. The highest BCUT2D eigenvalue weighted by Crippen LogP contribution is 2.61. The van der Waals surface area contributed by atoms with E-state index in [2.05, 4.69) is 12.2 Å². The van der Waals surface area contributed by atoms with Gasteiger partial charge in [-0.1, -0.05) is 0 Å². The van der Waals surface area contributed by atoms with E-state index in [1.54, 1.807) is 0 Å². The number of amides is 1. The van der Waals surface area contributed by atoms with E-state index in [0.717, 1.165) is 17.8 Å². The second kappa shape index (κ2) is 5.84. The largest absolute Gasteiger partial charge is 0.352 e. The molecule has 0 aromatic rings. The highest BCUT2D eigenvalue weighted by Gasteiger charge is 2.53. The van der Waals surface area contributed by atoms with Crippen molar-refractivity contribution in [2.24, 2.45) is 23.2 Å². The van der Waals surface area contributed by atoms with Gasteiger partial charge in [-0.05, 0) is 82.7 Å². The first-order valence-electron chi connectivity index (χ1n) is 7.91. The molecule has 4 bridgehead atoms. The molecule has 0 heterocycles. The van der Waals surface area contributed by atoms with Crippen molar-refractivity contribution in [2.45, 2.75) is 51.5 Å². The van der Waals surface area contributed by atoms with Gasteiger partial charge in [0, 0.05) is 6.04 Å². The fourth-order valence-electron chi connectivity index (χ4n) is 5.44. The summed E-state index contributed by atoms with van der Waals surface area (Å²) in [7, 11) is 3.91. The molecule has 4 heteroatoms. The van der Waals surface area contributed by atoms with Gasteiger partial charge in [0.1, 0.15) is 0 Å². The lowest BCUT2D eigenvalue weighted by Crippen LogP contribution is -2.56. The summed E-state index contributed by atoms with van der Waals surface area (Å²) in [5.41, 5.74) is 0.427. The van der Waals surface area contributed by atoms with Crippen molar-refractivity contribution in [3.63, 3.8) is 0 Å². The number of hydrogen-bond acceptors (Lipinski definition) is 2. The van der Waals surface area contributed by atoms with Crippen molar-refractivity contribution in [1.82, 2.24) is 10.2 Å². The summed E-state index contributed by atoms with van der Waals surface area (Å²) < 4.78 is 0. The van der Waals surface area contributed by atoms with Gasteiger partial charge in [-0.15, -0.1) is 12.4 Å². The maximum Gasteiger partial charge on any atom is 0.234 e. The molecule has 4 fully saturated rings. The predicted octanol–water partition coefficient (Wildman–Crippen LogP) is 2.69. The number of nitrogens with one attached hydrogen (secondary N) is 1. The van der Waals surface area contributed by atoms with Crippen LogP contribution in [0.1, 0.15) is 45.4 Å². The van der Waals surface area contributed by atoms with E-state index < -0.39 is 0 Å². The second-order valence-corrected chi connectivity index (χ2v) is 7.81. The fraction of sp³-hybridized carbons (Fsp3) is 0.938. The average molecular weight is 301 g/mol. The van der Waals surface area contributed by atoms with Crippen LogP contribution in [0.2, 0.25) is 0 Å². The van der Waals surface area contributed by atoms with Crippen molar-refractivity contribution in [2.75, 3.05) is 20.6 Å². The van der Waals surface area contributed by atoms with Crippen molar-refractivity contribution in [3.8, 4) is 0 Å². The molecule has 0 spiro atoms. The summed E-state index contributed by atoms with van der Waals surface area (Å²) in [5, 5.41) is 3.29. The fourth-order valence-corrected chi connectivity index (χ4v) is 5.44. The molecule has 4 saturated carbocycles. The smallest absolute Gasteiger partial charge is 0.234 e. The zero-order valence-electron chi connectivity index (χ0n) is 13.0. The number of carbonyl (C=O) groups excluding carboxylic acids is 1. The quantitative estimate of drug-likeness (QED) is 0.866. The minimum atomic E-state index is 0. The summed E-state index contributed by atoms with van der Waals surface area (Å²) in [6.45, 7) is 2.76. The van der Waals surface area contributed by atoms with Crippen LogP contribution in [0.15, 0.2) is 0 Å². The minimum absolute atomic E-state index is 0. The summed E-state index contributed by atoms with van der Waals surface area (Å²) in [5.74, 6) is 3.06. The maximum absolute atomic E-state index is 12.0. The van der Waals surface area contributed by atoms with Crippen LogP contribution in [-0.2, 0) is 4.79 Å². The molecule has 0 aromatic carbocycles. The normalized spacial score (nSPS) is 39.5. The third kappa shape index (κ3) is 2.99. The van der Waals surface area contributed by atoms with Crippen LogP contribution in [0, 0.1) is 23.2 Å². The van der Waals surface area contributed by atoms with Crippen LogP contribution < -0.4 is 5.32 Å². The van der Waals surface area contributed by atoms with Gasteiger partial charge in [0.25, 0.3) is 0 Å². The summed E-state index contributed by atoms with van der Waals surface area (Å²) in [6.07, 6.45) is 8.50. The molecule has 3 nitrogen and oxygen atoms in total. The monoisotopic (exact) mass is 300 g/mol. The van der Waals surface area contributed by atoms with Gasteiger partial charge in [0.2, 0.25) is 5.91 Å². The van der Waals surface area contributed by atoms with Crippen LogP contribution in [-0.4, -0.2) is 37.5 Å². The van der Waals surface area contributed by atoms with E-state index in [4.69, 9.17) is 0 Å². The lowest BCUT2D eigenvalue weighted by Gasteiger charge is -2.59. The van der Waals surface area contributed by atoms with Crippen LogP contribution in [0.25, 0.3) is 0 Å². The van der Waals surface area contributed by atoms with Crippen LogP contribution in [0.3, 0.4) is 0 Å². The Bertz CT molecular complexity index is 334. The highest BCUT2D eigenvalue weighted by molar-refractivity contribution is 5.85. The Morgan fingerprint density at radius 3 is 2.00 bits per heavy atom. The van der Waals surface area contributed by atoms with Gasteiger partial charge < -0.3 is 10.2 Å². The van der Waals surface area contributed by atoms with E-state index in [9.17, 15) is 4.79 Å². The van der Waals surface area contributed by atoms with Crippen molar-refractivity contribution < 1.29 is 4.79 Å². The van der Waals surface area contributed by atoms with E-state index in [1.165, 1.54) is 38.5 Å². The summed E-state index contributed by atoms with van der Waals surface area (Å²) in [6, 6.07) is 0.355. The Balaban J connectivity index is 0.00000147. The first-order valence-corrected chi connectivity index (χ1v) is 7.91. The maximum atomic E-state index is 12.0. The molecule has 1 N–H and O–H groups in total. The minimum Gasteiger partial charge on any atom is -0.352 e. The van der Waals surface area contributed by atoms with Gasteiger partial charge in [0.15, 0.2) is 0 Å². The highest BCUT2D eigenvalue weighted by atomic mass is 35.5. The predicted molar refractivity (Wildman–Crippen MR) is 84.0 cm³/mol. The first kappa shape index (κ1) is 16.1.